The first-order chi connectivity index (χ1) is 5.61. The highest BCUT2D eigenvalue weighted by Crippen LogP contribution is 2.47. The largest absolute Gasteiger partial charge is 0.465 e. The lowest BCUT2D eigenvalue weighted by Gasteiger charge is -2.21. The van der Waals surface area contributed by atoms with E-state index in [2.05, 4.69) is 0 Å². The lowest BCUT2D eigenvalue weighted by molar-refractivity contribution is -0.122. The third kappa shape index (κ3) is 0.855. The van der Waals surface area contributed by atoms with Crippen LogP contribution in [0.3, 0.4) is 0 Å². The van der Waals surface area contributed by atoms with E-state index in [1.165, 1.54) is 4.90 Å². The smallest absolute Gasteiger partial charge is 0.408 e. The SMILES string of the molecule is NC(=O)[C@@H]1C[C@H]2C[C@H]2N1C(=O)O. The molecule has 5 nitrogen and oxygen atoms in total. The molecule has 2 amide bonds. The number of hydrogen-bond acceptors (Lipinski definition) is 2. The van der Waals surface area contributed by atoms with Gasteiger partial charge in [-0.25, -0.2) is 4.79 Å². The van der Waals surface area contributed by atoms with E-state index in [9.17, 15) is 9.59 Å². The Morgan fingerprint density at radius 3 is 2.50 bits per heavy atom. The van der Waals surface area contributed by atoms with E-state index in [1.807, 2.05) is 0 Å². The molecule has 0 radical (unpaired) electrons. The van der Waals surface area contributed by atoms with Crippen molar-refractivity contribution in [2.24, 2.45) is 11.7 Å². The highest BCUT2D eigenvalue weighted by molar-refractivity contribution is 5.85. The van der Waals surface area contributed by atoms with Crippen LogP contribution in [0.2, 0.25) is 0 Å². The van der Waals surface area contributed by atoms with E-state index in [1.54, 1.807) is 0 Å². The molecule has 0 aromatic heterocycles. The van der Waals surface area contributed by atoms with Crippen LogP contribution in [0.1, 0.15) is 12.8 Å². The van der Waals surface area contributed by atoms with E-state index in [0.29, 0.717) is 12.3 Å². The molecule has 66 valence electrons. The van der Waals surface area contributed by atoms with Crippen LogP contribution in [0, 0.1) is 5.92 Å². The van der Waals surface area contributed by atoms with Crippen LogP contribution < -0.4 is 5.73 Å². The number of likely N-dealkylation sites (tertiary alicyclic amines) is 1. The molecule has 1 saturated carbocycles. The summed E-state index contributed by atoms with van der Waals surface area (Å²) in [6.07, 6.45) is 0.492. The number of primary amides is 1. The van der Waals surface area contributed by atoms with E-state index >= 15 is 0 Å². The summed E-state index contributed by atoms with van der Waals surface area (Å²) in [5, 5.41) is 8.75. The van der Waals surface area contributed by atoms with Gasteiger partial charge in [-0.15, -0.1) is 0 Å². The molecule has 1 aliphatic carbocycles. The number of carbonyl (C=O) groups excluding carboxylic acids is 1. The molecule has 0 aromatic carbocycles. The van der Waals surface area contributed by atoms with Crippen LogP contribution in [0.25, 0.3) is 0 Å². The average Bonchev–Trinajstić information content (AvgIpc) is 2.60. The number of nitrogens with two attached hydrogens (primary N) is 1. The zero-order valence-electron chi connectivity index (χ0n) is 6.43. The maximum Gasteiger partial charge on any atom is 0.408 e. The van der Waals surface area contributed by atoms with Gasteiger partial charge in [-0.3, -0.25) is 9.69 Å². The number of carboxylic acid groups (broad SMARTS) is 1. The second-order valence-electron chi connectivity index (χ2n) is 3.41. The molecule has 3 N–H and O–H groups in total. The molecule has 0 unspecified atom stereocenters. The van der Waals surface area contributed by atoms with Crippen molar-refractivity contribution in [1.82, 2.24) is 4.90 Å². The van der Waals surface area contributed by atoms with Crippen LogP contribution in [0.5, 0.6) is 0 Å². The molecule has 1 heterocycles. The van der Waals surface area contributed by atoms with E-state index in [4.69, 9.17) is 10.8 Å². The van der Waals surface area contributed by atoms with Crippen molar-refractivity contribution >= 4 is 12.0 Å². The van der Waals surface area contributed by atoms with Crippen LogP contribution >= 0.6 is 0 Å². The van der Waals surface area contributed by atoms with Crippen molar-refractivity contribution in [2.45, 2.75) is 24.9 Å². The molecule has 2 rings (SSSR count). The summed E-state index contributed by atoms with van der Waals surface area (Å²) in [4.78, 5) is 22.7. The Hall–Kier alpha value is -1.26. The second kappa shape index (κ2) is 2.12. The van der Waals surface area contributed by atoms with Crippen molar-refractivity contribution in [1.29, 1.82) is 0 Å². The maximum atomic E-state index is 10.8. The second-order valence-corrected chi connectivity index (χ2v) is 3.41. The van der Waals surface area contributed by atoms with Crippen molar-refractivity contribution in [3.8, 4) is 0 Å². The van der Waals surface area contributed by atoms with Gasteiger partial charge in [0.1, 0.15) is 6.04 Å². The number of nitrogens with zero attached hydrogens (tertiary/aromatic N) is 1. The Labute approximate surface area is 69.1 Å². The minimum atomic E-state index is -1.02. The molecule has 12 heavy (non-hydrogen) atoms. The summed E-state index contributed by atoms with van der Waals surface area (Å²) in [5.74, 6) is -0.136. The highest BCUT2D eigenvalue weighted by Gasteiger charge is 2.55. The van der Waals surface area contributed by atoms with E-state index in [0.717, 1.165) is 6.42 Å². The predicted octanol–water partition coefficient (Wildman–Crippen LogP) is -0.388. The van der Waals surface area contributed by atoms with Crippen molar-refractivity contribution in [2.75, 3.05) is 0 Å². The van der Waals surface area contributed by atoms with Crippen LogP contribution in [0.15, 0.2) is 0 Å². The summed E-state index contributed by atoms with van der Waals surface area (Å²) < 4.78 is 0. The fraction of sp³-hybridized carbons (Fsp3) is 0.714. The Kier molecular flexibility index (Phi) is 1.31. The van der Waals surface area contributed by atoms with Crippen LogP contribution in [-0.2, 0) is 4.79 Å². The molecule has 5 heteroatoms. The first-order valence-electron chi connectivity index (χ1n) is 3.92. The Morgan fingerprint density at radius 2 is 2.08 bits per heavy atom. The molecule has 2 aliphatic rings. The van der Waals surface area contributed by atoms with Crippen LogP contribution in [-0.4, -0.2) is 34.1 Å². The van der Waals surface area contributed by atoms with Gasteiger partial charge in [-0.2, -0.15) is 0 Å². The summed E-state index contributed by atoms with van der Waals surface area (Å²) in [6, 6.07) is -0.508. The first kappa shape index (κ1) is 7.39. The molecule has 1 saturated heterocycles. The third-order valence-corrected chi connectivity index (χ3v) is 2.65. The number of hydrogen-bond donors (Lipinski definition) is 2. The fourth-order valence-electron chi connectivity index (χ4n) is 1.99. The number of carbonyl (C=O) groups is 2. The first-order valence-corrected chi connectivity index (χ1v) is 3.92. The lowest BCUT2D eigenvalue weighted by atomic mass is 10.1. The van der Waals surface area contributed by atoms with E-state index in [-0.39, 0.29) is 6.04 Å². The normalized spacial score (nSPS) is 37.7. The zero-order chi connectivity index (χ0) is 8.88. The molecule has 0 aromatic rings. The van der Waals surface area contributed by atoms with Crippen molar-refractivity contribution < 1.29 is 14.7 Å². The van der Waals surface area contributed by atoms with Gasteiger partial charge in [0.2, 0.25) is 5.91 Å². The highest BCUT2D eigenvalue weighted by atomic mass is 16.4. The van der Waals surface area contributed by atoms with Crippen molar-refractivity contribution in [3.05, 3.63) is 0 Å². The van der Waals surface area contributed by atoms with Gasteiger partial charge >= 0.3 is 6.09 Å². The minimum Gasteiger partial charge on any atom is -0.465 e. The van der Waals surface area contributed by atoms with Gasteiger partial charge in [0.25, 0.3) is 0 Å². The molecular weight excluding hydrogens is 160 g/mol. The summed E-state index contributed by atoms with van der Waals surface area (Å²) in [6.45, 7) is 0. The Bertz CT molecular complexity index is 253. The van der Waals surface area contributed by atoms with Gasteiger partial charge in [0, 0.05) is 6.04 Å². The molecular formula is C7H10N2O3. The van der Waals surface area contributed by atoms with Crippen LogP contribution in [0.4, 0.5) is 4.79 Å². The quantitative estimate of drug-likeness (QED) is 0.562. The molecule has 0 spiro atoms. The minimum absolute atomic E-state index is 0.0694. The molecule has 1 aliphatic heterocycles. The monoisotopic (exact) mass is 170 g/mol. The molecule has 0 bridgehead atoms. The predicted molar refractivity (Wildman–Crippen MR) is 39.4 cm³/mol. The summed E-state index contributed by atoms with van der Waals surface area (Å²) in [7, 11) is 0. The zero-order valence-corrected chi connectivity index (χ0v) is 6.43. The average molecular weight is 170 g/mol. The number of fused-ring (bicyclic) bond motifs is 1. The van der Waals surface area contributed by atoms with Crippen molar-refractivity contribution in [3.63, 3.8) is 0 Å². The van der Waals surface area contributed by atoms with Gasteiger partial charge in [-0.05, 0) is 18.8 Å². The lowest BCUT2D eigenvalue weighted by Crippen LogP contribution is -2.45. The summed E-state index contributed by atoms with van der Waals surface area (Å²) in [5.41, 5.74) is 5.06. The molecule has 3 atom stereocenters. The number of amides is 2. The topological polar surface area (TPSA) is 83.6 Å². The third-order valence-electron chi connectivity index (χ3n) is 2.65. The Morgan fingerprint density at radius 1 is 1.42 bits per heavy atom. The van der Waals surface area contributed by atoms with Gasteiger partial charge < -0.3 is 10.8 Å². The number of piperidine rings is 1. The number of rotatable bonds is 1. The maximum absolute atomic E-state index is 10.8. The Balaban J connectivity index is 2.16. The summed E-state index contributed by atoms with van der Waals surface area (Å²) >= 11 is 0. The van der Waals surface area contributed by atoms with Gasteiger partial charge in [0.15, 0.2) is 0 Å². The van der Waals surface area contributed by atoms with E-state index < -0.39 is 18.0 Å². The molecule has 2 fully saturated rings. The standard InChI is InChI=1S/C7H10N2O3/c8-6(10)5-2-3-1-4(3)9(5)7(11)12/h3-5H,1-2H2,(H2,8,10)(H,11,12)/t3-,4-,5+/m1/s1. The van der Waals surface area contributed by atoms with Gasteiger partial charge in [0.05, 0.1) is 0 Å². The van der Waals surface area contributed by atoms with Gasteiger partial charge in [-0.1, -0.05) is 0 Å². The fourth-order valence-corrected chi connectivity index (χ4v) is 1.99.